The number of H-pyrrole nitrogens is 1. The molecule has 12 heavy (non-hydrogen) atoms. The Morgan fingerprint density at radius 2 is 2.25 bits per heavy atom. The lowest BCUT2D eigenvalue weighted by Gasteiger charge is -1.97. The molecule has 0 aliphatic carbocycles. The Labute approximate surface area is 75.1 Å². The van der Waals surface area contributed by atoms with Crippen molar-refractivity contribution in [3.8, 4) is 5.75 Å². The third-order valence-electron chi connectivity index (χ3n) is 1.84. The van der Waals surface area contributed by atoms with Gasteiger partial charge >= 0.3 is 0 Å². The second-order valence-corrected chi connectivity index (χ2v) is 2.93. The molecule has 0 saturated carbocycles. The third kappa shape index (κ3) is 0.959. The minimum atomic E-state index is 0.714. The minimum absolute atomic E-state index is 0.714. The van der Waals surface area contributed by atoms with Crippen LogP contribution in [-0.4, -0.2) is 12.1 Å². The summed E-state index contributed by atoms with van der Waals surface area (Å²) in [4.78, 5) is 3.07. The quantitative estimate of drug-likeness (QED) is 0.719. The molecule has 1 aromatic carbocycles. The van der Waals surface area contributed by atoms with Crippen molar-refractivity contribution in [2.75, 3.05) is 7.11 Å². The van der Waals surface area contributed by atoms with Gasteiger partial charge in [-0.2, -0.15) is 0 Å². The van der Waals surface area contributed by atoms with Crippen LogP contribution in [0.3, 0.4) is 0 Å². The fraction of sp³-hybridized carbons (Fsp3) is 0.111. The molecular weight excluding hydrogens is 174 g/mol. The van der Waals surface area contributed by atoms with E-state index in [1.54, 1.807) is 13.3 Å². The van der Waals surface area contributed by atoms with E-state index in [1.807, 2.05) is 18.2 Å². The molecule has 1 N–H and O–H groups in total. The van der Waals surface area contributed by atoms with Crippen molar-refractivity contribution in [2.24, 2.45) is 0 Å². The predicted molar refractivity (Wildman–Crippen MR) is 49.9 cm³/mol. The summed E-state index contributed by atoms with van der Waals surface area (Å²) in [5.41, 5.74) is 0.999. The molecule has 0 amide bonds. The van der Waals surface area contributed by atoms with E-state index in [0.29, 0.717) is 5.02 Å². The Balaban J connectivity index is 2.83. The van der Waals surface area contributed by atoms with E-state index in [2.05, 4.69) is 4.98 Å². The Morgan fingerprint density at radius 1 is 1.42 bits per heavy atom. The van der Waals surface area contributed by atoms with Crippen LogP contribution < -0.4 is 4.74 Å². The van der Waals surface area contributed by atoms with Crippen molar-refractivity contribution in [3.63, 3.8) is 0 Å². The molecule has 1 heterocycles. The van der Waals surface area contributed by atoms with Gasteiger partial charge in [0.1, 0.15) is 5.75 Å². The van der Waals surface area contributed by atoms with Gasteiger partial charge in [-0.3, -0.25) is 0 Å². The fourth-order valence-electron chi connectivity index (χ4n) is 1.27. The first-order valence-electron chi connectivity index (χ1n) is 3.62. The second-order valence-electron chi connectivity index (χ2n) is 2.52. The Hall–Kier alpha value is -1.15. The molecular formula is C9H8ClNO. The van der Waals surface area contributed by atoms with Crippen LogP contribution in [0.25, 0.3) is 10.9 Å². The molecule has 0 radical (unpaired) electrons. The molecule has 0 fully saturated rings. The molecule has 0 bridgehead atoms. The van der Waals surface area contributed by atoms with Gasteiger partial charge in [-0.05, 0) is 12.1 Å². The maximum absolute atomic E-state index is 5.98. The summed E-state index contributed by atoms with van der Waals surface area (Å²) in [7, 11) is 1.63. The van der Waals surface area contributed by atoms with E-state index >= 15 is 0 Å². The van der Waals surface area contributed by atoms with Gasteiger partial charge in [0, 0.05) is 6.20 Å². The van der Waals surface area contributed by atoms with E-state index in [0.717, 1.165) is 16.7 Å². The molecule has 0 saturated heterocycles. The lowest BCUT2D eigenvalue weighted by molar-refractivity contribution is 0.420. The van der Waals surface area contributed by atoms with E-state index in [9.17, 15) is 0 Å². The summed E-state index contributed by atoms with van der Waals surface area (Å²) in [6, 6.07) is 5.71. The van der Waals surface area contributed by atoms with Gasteiger partial charge < -0.3 is 9.72 Å². The molecule has 2 aromatic rings. The van der Waals surface area contributed by atoms with Crippen molar-refractivity contribution in [3.05, 3.63) is 29.4 Å². The molecule has 2 rings (SSSR count). The van der Waals surface area contributed by atoms with Gasteiger partial charge in [-0.1, -0.05) is 17.7 Å². The number of fused-ring (bicyclic) bond motifs is 1. The zero-order chi connectivity index (χ0) is 8.55. The smallest absolute Gasteiger partial charge is 0.145 e. The van der Waals surface area contributed by atoms with Crippen LogP contribution in [0.15, 0.2) is 24.4 Å². The number of hydrogen-bond donors (Lipinski definition) is 1. The zero-order valence-electron chi connectivity index (χ0n) is 6.60. The van der Waals surface area contributed by atoms with Crippen LogP contribution >= 0.6 is 11.6 Å². The SMILES string of the molecule is COc1c[nH]c2cccc(Cl)c12. The Bertz CT molecular complexity index is 408. The van der Waals surface area contributed by atoms with E-state index < -0.39 is 0 Å². The molecule has 0 atom stereocenters. The average molecular weight is 182 g/mol. The van der Waals surface area contributed by atoms with Crippen LogP contribution in [0, 0.1) is 0 Å². The van der Waals surface area contributed by atoms with Crippen molar-refractivity contribution < 1.29 is 4.74 Å². The van der Waals surface area contributed by atoms with Crippen molar-refractivity contribution in [2.45, 2.75) is 0 Å². The number of aromatic nitrogens is 1. The fourth-order valence-corrected chi connectivity index (χ4v) is 1.54. The lowest BCUT2D eigenvalue weighted by atomic mass is 10.2. The third-order valence-corrected chi connectivity index (χ3v) is 2.15. The molecule has 2 nitrogen and oxygen atoms in total. The summed E-state index contributed by atoms with van der Waals surface area (Å²) in [6.07, 6.45) is 1.80. The molecule has 62 valence electrons. The molecule has 3 heteroatoms. The van der Waals surface area contributed by atoms with Crippen LogP contribution in [-0.2, 0) is 0 Å². The number of halogens is 1. The first-order valence-corrected chi connectivity index (χ1v) is 4.00. The highest BCUT2D eigenvalue weighted by Gasteiger charge is 2.05. The lowest BCUT2D eigenvalue weighted by Crippen LogP contribution is -1.79. The minimum Gasteiger partial charge on any atom is -0.494 e. The summed E-state index contributed by atoms with van der Waals surface area (Å²) in [5, 5.41) is 1.66. The molecule has 0 unspecified atom stereocenters. The van der Waals surface area contributed by atoms with Crippen LogP contribution in [0.2, 0.25) is 5.02 Å². The largest absolute Gasteiger partial charge is 0.494 e. The first kappa shape index (κ1) is 7.50. The number of nitrogens with one attached hydrogen (secondary N) is 1. The summed E-state index contributed by atoms with van der Waals surface area (Å²) < 4.78 is 5.13. The maximum Gasteiger partial charge on any atom is 0.145 e. The van der Waals surface area contributed by atoms with Crippen LogP contribution in [0.4, 0.5) is 0 Å². The second kappa shape index (κ2) is 2.72. The van der Waals surface area contributed by atoms with Gasteiger partial charge in [-0.15, -0.1) is 0 Å². The summed E-state index contributed by atoms with van der Waals surface area (Å²) in [6.45, 7) is 0. The monoisotopic (exact) mass is 181 g/mol. The van der Waals surface area contributed by atoms with Crippen LogP contribution in [0.1, 0.15) is 0 Å². The van der Waals surface area contributed by atoms with Crippen molar-refractivity contribution >= 4 is 22.5 Å². The highest BCUT2D eigenvalue weighted by Crippen LogP contribution is 2.31. The number of hydrogen-bond acceptors (Lipinski definition) is 1. The highest BCUT2D eigenvalue weighted by atomic mass is 35.5. The Kier molecular flexibility index (Phi) is 1.70. The summed E-state index contributed by atoms with van der Waals surface area (Å²) >= 11 is 5.98. The Morgan fingerprint density at radius 3 is 3.00 bits per heavy atom. The number of methoxy groups -OCH3 is 1. The predicted octanol–water partition coefficient (Wildman–Crippen LogP) is 2.83. The standard InChI is InChI=1S/C9H8ClNO/c1-12-8-5-11-7-4-2-3-6(10)9(7)8/h2-5,11H,1H3. The topological polar surface area (TPSA) is 25.0 Å². The van der Waals surface area contributed by atoms with E-state index in [-0.39, 0.29) is 0 Å². The molecule has 0 aliphatic rings. The maximum atomic E-state index is 5.98. The van der Waals surface area contributed by atoms with Gasteiger partial charge in [0.05, 0.1) is 23.0 Å². The zero-order valence-corrected chi connectivity index (χ0v) is 7.35. The average Bonchev–Trinajstić information content (AvgIpc) is 2.49. The van der Waals surface area contributed by atoms with E-state index in [1.165, 1.54) is 0 Å². The number of aromatic amines is 1. The normalized spacial score (nSPS) is 10.5. The highest BCUT2D eigenvalue weighted by molar-refractivity contribution is 6.36. The van der Waals surface area contributed by atoms with Gasteiger partial charge in [0.15, 0.2) is 0 Å². The summed E-state index contributed by atoms with van der Waals surface area (Å²) in [5.74, 6) is 0.788. The van der Waals surface area contributed by atoms with E-state index in [4.69, 9.17) is 16.3 Å². The van der Waals surface area contributed by atoms with Gasteiger partial charge in [-0.25, -0.2) is 0 Å². The number of rotatable bonds is 1. The van der Waals surface area contributed by atoms with Gasteiger partial charge in [0.2, 0.25) is 0 Å². The van der Waals surface area contributed by atoms with Crippen molar-refractivity contribution in [1.82, 2.24) is 4.98 Å². The number of ether oxygens (including phenoxy) is 1. The number of benzene rings is 1. The van der Waals surface area contributed by atoms with Crippen molar-refractivity contribution in [1.29, 1.82) is 0 Å². The first-order chi connectivity index (χ1) is 5.83. The molecule has 1 aromatic heterocycles. The van der Waals surface area contributed by atoms with Crippen LogP contribution in [0.5, 0.6) is 5.75 Å². The molecule has 0 aliphatic heterocycles. The molecule has 0 spiro atoms. The van der Waals surface area contributed by atoms with Gasteiger partial charge in [0.25, 0.3) is 0 Å².